The predicted molar refractivity (Wildman–Crippen MR) is 63.1 cm³/mol. The van der Waals surface area contributed by atoms with Gasteiger partial charge in [-0.2, -0.15) is 5.10 Å². The molecule has 0 atom stereocenters. The fourth-order valence-electron chi connectivity index (χ4n) is 1.54. The number of hydrogen-bond acceptors (Lipinski definition) is 3. The largest absolute Gasteiger partial charge is 0.398 e. The molecule has 0 saturated carbocycles. The van der Waals surface area contributed by atoms with Crippen LogP contribution in [0.3, 0.4) is 0 Å². The first-order chi connectivity index (χ1) is 8.06. The SMILES string of the molecule is Cc1ccc(=O)n(Cc2ccc(F)cc2N)n1. The van der Waals surface area contributed by atoms with E-state index in [2.05, 4.69) is 5.10 Å². The van der Waals surface area contributed by atoms with Crippen LogP contribution in [0.5, 0.6) is 0 Å². The molecule has 0 unspecified atom stereocenters. The maximum absolute atomic E-state index is 12.9. The number of aryl methyl sites for hydroxylation is 1. The van der Waals surface area contributed by atoms with Gasteiger partial charge in [-0.25, -0.2) is 9.07 Å². The van der Waals surface area contributed by atoms with Crippen LogP contribution in [0, 0.1) is 12.7 Å². The van der Waals surface area contributed by atoms with Crippen LogP contribution in [0.2, 0.25) is 0 Å². The molecule has 1 heterocycles. The van der Waals surface area contributed by atoms with Gasteiger partial charge >= 0.3 is 0 Å². The molecule has 0 aliphatic carbocycles. The highest BCUT2D eigenvalue weighted by molar-refractivity contribution is 5.46. The number of aromatic nitrogens is 2. The van der Waals surface area contributed by atoms with Crippen molar-refractivity contribution in [2.45, 2.75) is 13.5 Å². The quantitative estimate of drug-likeness (QED) is 0.796. The van der Waals surface area contributed by atoms with E-state index in [1.54, 1.807) is 19.1 Å². The van der Waals surface area contributed by atoms with Crippen LogP contribution >= 0.6 is 0 Å². The molecule has 17 heavy (non-hydrogen) atoms. The maximum atomic E-state index is 12.9. The fraction of sp³-hybridized carbons (Fsp3) is 0.167. The molecule has 0 fully saturated rings. The van der Waals surface area contributed by atoms with Gasteiger partial charge in [-0.05, 0) is 30.7 Å². The minimum atomic E-state index is -0.393. The normalized spacial score (nSPS) is 10.5. The minimum absolute atomic E-state index is 0.209. The fourth-order valence-corrected chi connectivity index (χ4v) is 1.54. The van der Waals surface area contributed by atoms with Crippen molar-refractivity contribution in [1.82, 2.24) is 9.78 Å². The molecule has 4 nitrogen and oxygen atoms in total. The summed E-state index contributed by atoms with van der Waals surface area (Å²) in [6.07, 6.45) is 0. The van der Waals surface area contributed by atoms with E-state index in [1.807, 2.05) is 0 Å². The molecule has 0 saturated heterocycles. The molecule has 2 rings (SSSR count). The number of nitrogen functional groups attached to an aromatic ring is 1. The summed E-state index contributed by atoms with van der Waals surface area (Å²) >= 11 is 0. The van der Waals surface area contributed by atoms with E-state index in [9.17, 15) is 9.18 Å². The van der Waals surface area contributed by atoms with Crippen molar-refractivity contribution in [1.29, 1.82) is 0 Å². The number of halogens is 1. The third-order valence-electron chi connectivity index (χ3n) is 2.43. The van der Waals surface area contributed by atoms with Crippen molar-refractivity contribution >= 4 is 5.69 Å². The van der Waals surface area contributed by atoms with E-state index < -0.39 is 5.82 Å². The van der Waals surface area contributed by atoms with Gasteiger partial charge in [-0.1, -0.05) is 6.07 Å². The van der Waals surface area contributed by atoms with Gasteiger partial charge in [0.1, 0.15) is 5.82 Å². The van der Waals surface area contributed by atoms with Gasteiger partial charge < -0.3 is 5.73 Å². The lowest BCUT2D eigenvalue weighted by Gasteiger charge is -2.07. The maximum Gasteiger partial charge on any atom is 0.267 e. The Morgan fingerprint density at radius 1 is 1.35 bits per heavy atom. The van der Waals surface area contributed by atoms with Crippen LogP contribution in [0.1, 0.15) is 11.3 Å². The first kappa shape index (κ1) is 11.3. The van der Waals surface area contributed by atoms with Crippen molar-refractivity contribution in [2.75, 3.05) is 5.73 Å². The summed E-state index contributed by atoms with van der Waals surface area (Å²) in [5.41, 5.74) is 7.20. The number of anilines is 1. The smallest absolute Gasteiger partial charge is 0.267 e. The monoisotopic (exact) mass is 233 g/mol. The lowest BCUT2D eigenvalue weighted by molar-refractivity contribution is 0.616. The molecular formula is C12H12FN3O. The zero-order valence-electron chi connectivity index (χ0n) is 9.35. The number of rotatable bonds is 2. The summed E-state index contributed by atoms with van der Waals surface area (Å²) < 4.78 is 14.2. The second-order valence-corrected chi connectivity index (χ2v) is 3.81. The molecule has 0 radical (unpaired) electrons. The average Bonchev–Trinajstić information content (AvgIpc) is 2.27. The summed E-state index contributed by atoms with van der Waals surface area (Å²) in [6, 6.07) is 7.19. The summed E-state index contributed by atoms with van der Waals surface area (Å²) in [5.74, 6) is -0.393. The first-order valence-corrected chi connectivity index (χ1v) is 5.15. The first-order valence-electron chi connectivity index (χ1n) is 5.15. The molecule has 88 valence electrons. The number of benzene rings is 1. The summed E-state index contributed by atoms with van der Waals surface area (Å²) in [7, 11) is 0. The minimum Gasteiger partial charge on any atom is -0.398 e. The average molecular weight is 233 g/mol. The molecule has 2 aromatic rings. The molecule has 2 N–H and O–H groups in total. The molecule has 0 spiro atoms. The van der Waals surface area contributed by atoms with Gasteiger partial charge in [0.2, 0.25) is 0 Å². The van der Waals surface area contributed by atoms with Gasteiger partial charge in [-0.3, -0.25) is 4.79 Å². The number of nitrogens with zero attached hydrogens (tertiary/aromatic N) is 2. The predicted octanol–water partition coefficient (Wildman–Crippen LogP) is 1.32. The van der Waals surface area contributed by atoms with Crippen LogP contribution in [-0.2, 0) is 6.54 Å². The third kappa shape index (κ3) is 2.50. The molecular weight excluding hydrogens is 221 g/mol. The topological polar surface area (TPSA) is 60.9 Å². The van der Waals surface area contributed by atoms with Gasteiger partial charge in [-0.15, -0.1) is 0 Å². The Bertz CT molecular complexity index is 607. The van der Waals surface area contributed by atoms with Crippen molar-refractivity contribution in [2.24, 2.45) is 0 Å². The van der Waals surface area contributed by atoms with Crippen molar-refractivity contribution in [3.63, 3.8) is 0 Å². The summed E-state index contributed by atoms with van der Waals surface area (Å²) in [5, 5.41) is 4.09. The highest BCUT2D eigenvalue weighted by atomic mass is 19.1. The van der Waals surface area contributed by atoms with E-state index in [0.29, 0.717) is 11.3 Å². The Morgan fingerprint density at radius 3 is 2.82 bits per heavy atom. The van der Waals surface area contributed by atoms with Gasteiger partial charge in [0.15, 0.2) is 0 Å². The van der Waals surface area contributed by atoms with Crippen LogP contribution in [0.4, 0.5) is 10.1 Å². The van der Waals surface area contributed by atoms with Crippen molar-refractivity contribution in [3.05, 3.63) is 57.8 Å². The van der Waals surface area contributed by atoms with Crippen LogP contribution in [0.25, 0.3) is 0 Å². The van der Waals surface area contributed by atoms with E-state index in [0.717, 1.165) is 5.69 Å². The zero-order chi connectivity index (χ0) is 12.4. The van der Waals surface area contributed by atoms with Gasteiger partial charge in [0.25, 0.3) is 5.56 Å². The van der Waals surface area contributed by atoms with Crippen LogP contribution in [0.15, 0.2) is 35.1 Å². The summed E-state index contributed by atoms with van der Waals surface area (Å²) in [6.45, 7) is 2.04. The highest BCUT2D eigenvalue weighted by Gasteiger charge is 2.04. The molecule has 5 heteroatoms. The number of hydrogen-bond donors (Lipinski definition) is 1. The van der Waals surface area contributed by atoms with Crippen molar-refractivity contribution < 1.29 is 4.39 Å². The van der Waals surface area contributed by atoms with Gasteiger partial charge in [0, 0.05) is 11.8 Å². The zero-order valence-corrected chi connectivity index (χ0v) is 9.35. The molecule has 1 aromatic heterocycles. The lowest BCUT2D eigenvalue weighted by Crippen LogP contribution is -2.23. The Labute approximate surface area is 97.5 Å². The molecule has 0 amide bonds. The Balaban J connectivity index is 2.38. The second kappa shape index (κ2) is 4.37. The van der Waals surface area contributed by atoms with Crippen LogP contribution < -0.4 is 11.3 Å². The molecule has 0 aliphatic heterocycles. The Morgan fingerprint density at radius 2 is 2.12 bits per heavy atom. The standard InChI is InChI=1S/C12H12FN3O/c1-8-2-5-12(17)16(15-8)7-9-3-4-10(13)6-11(9)14/h2-6H,7,14H2,1H3. The van der Waals surface area contributed by atoms with E-state index >= 15 is 0 Å². The molecule has 0 aliphatic rings. The third-order valence-corrected chi connectivity index (χ3v) is 2.43. The highest BCUT2D eigenvalue weighted by Crippen LogP contribution is 2.13. The Hall–Kier alpha value is -2.17. The van der Waals surface area contributed by atoms with E-state index in [4.69, 9.17) is 5.73 Å². The van der Waals surface area contributed by atoms with Crippen molar-refractivity contribution in [3.8, 4) is 0 Å². The second-order valence-electron chi connectivity index (χ2n) is 3.81. The summed E-state index contributed by atoms with van der Waals surface area (Å²) in [4.78, 5) is 11.5. The van der Waals surface area contributed by atoms with Gasteiger partial charge in [0.05, 0.1) is 12.2 Å². The van der Waals surface area contributed by atoms with Crippen LogP contribution in [-0.4, -0.2) is 9.78 Å². The van der Waals surface area contributed by atoms with E-state index in [1.165, 1.54) is 22.9 Å². The van der Waals surface area contributed by atoms with E-state index in [-0.39, 0.29) is 12.1 Å². The molecule has 1 aromatic carbocycles. The molecule has 0 bridgehead atoms. The lowest BCUT2D eigenvalue weighted by atomic mass is 10.2. The number of nitrogens with two attached hydrogens (primary N) is 1. The Kier molecular flexibility index (Phi) is 2.91.